The van der Waals surface area contributed by atoms with Gasteiger partial charge in [0.25, 0.3) is 5.92 Å². The topological polar surface area (TPSA) is 56.5 Å². The maximum atomic E-state index is 15.3. The van der Waals surface area contributed by atoms with Crippen molar-refractivity contribution in [2.45, 2.75) is 58.8 Å². The predicted molar refractivity (Wildman–Crippen MR) is 128 cm³/mol. The van der Waals surface area contributed by atoms with Crippen molar-refractivity contribution >= 4 is 17.8 Å². The lowest BCUT2D eigenvalue weighted by molar-refractivity contribution is -0.139. The number of hydrogen-bond donors (Lipinski definition) is 0. The molecule has 1 aromatic carbocycles. The first-order chi connectivity index (χ1) is 16.0. The second-order valence-electron chi connectivity index (χ2n) is 11.6. The second kappa shape index (κ2) is 7.86. The number of carbonyl (C=O) groups excluding carboxylic acids is 1. The molecule has 2 atom stereocenters. The Balaban J connectivity index is 1.37. The summed E-state index contributed by atoms with van der Waals surface area (Å²) in [5.41, 5.74) is 3.46. The van der Waals surface area contributed by atoms with Crippen LogP contribution < -0.4 is 0 Å². The minimum atomic E-state index is -2.75. The predicted octanol–water partition coefficient (Wildman–Crippen LogP) is 5.96. The number of piperidine rings is 1. The number of aliphatic imine (C=N–C) groups is 1. The van der Waals surface area contributed by atoms with E-state index >= 15 is 8.78 Å². The van der Waals surface area contributed by atoms with E-state index in [2.05, 4.69) is 31.8 Å². The molecule has 2 heterocycles. The van der Waals surface area contributed by atoms with E-state index in [9.17, 15) is 10.1 Å². The molecule has 2 aliphatic carbocycles. The van der Waals surface area contributed by atoms with Gasteiger partial charge in [-0.05, 0) is 60.9 Å². The number of nitrogens with zero attached hydrogens (tertiary/aromatic N) is 3. The number of allylic oxidation sites excluding steroid dienone is 3. The van der Waals surface area contributed by atoms with Gasteiger partial charge in [-0.3, -0.25) is 9.79 Å². The monoisotopic (exact) mass is 462 g/mol. The van der Waals surface area contributed by atoms with Gasteiger partial charge >= 0.3 is 0 Å². The Labute approximate surface area is 200 Å². The molecule has 5 rings (SSSR count). The van der Waals surface area contributed by atoms with E-state index in [1.807, 2.05) is 23.1 Å². The van der Waals surface area contributed by atoms with Crippen LogP contribution in [-0.2, 0) is 11.2 Å². The van der Waals surface area contributed by atoms with Crippen LogP contribution in [0.25, 0.3) is 0 Å². The zero-order valence-electron chi connectivity index (χ0n) is 20.0. The van der Waals surface area contributed by atoms with E-state index in [4.69, 9.17) is 0 Å². The first kappa shape index (κ1) is 23.0. The molecule has 1 spiro atoms. The smallest absolute Gasteiger partial charge is 0.251 e. The third kappa shape index (κ3) is 4.21. The zero-order chi connectivity index (χ0) is 24.3. The lowest BCUT2D eigenvalue weighted by Gasteiger charge is -2.50. The molecule has 1 amide bonds. The lowest BCUT2D eigenvalue weighted by Crippen LogP contribution is -2.54. The summed E-state index contributed by atoms with van der Waals surface area (Å²) in [5, 5.41) is 9.25. The largest absolute Gasteiger partial charge is 0.338 e. The first-order valence-corrected chi connectivity index (χ1v) is 12.0. The molecule has 4 aliphatic rings. The van der Waals surface area contributed by atoms with Crippen molar-refractivity contribution in [2.75, 3.05) is 13.1 Å². The summed E-state index contributed by atoms with van der Waals surface area (Å²) >= 11 is 0. The van der Waals surface area contributed by atoms with Crippen molar-refractivity contribution in [3.63, 3.8) is 0 Å². The molecular weight excluding hydrogens is 432 g/mol. The summed E-state index contributed by atoms with van der Waals surface area (Å²) in [6.45, 7) is 7.45. The molecule has 0 aromatic heterocycles. The minimum absolute atomic E-state index is 0.0528. The lowest BCUT2D eigenvalue weighted by atomic mass is 9.61. The van der Waals surface area contributed by atoms with E-state index in [0.29, 0.717) is 37.9 Å². The number of benzene rings is 1. The van der Waals surface area contributed by atoms with Gasteiger partial charge in [0.1, 0.15) is 0 Å². The molecule has 0 bridgehead atoms. The normalized spacial score (nSPS) is 27.9. The van der Waals surface area contributed by atoms with E-state index < -0.39 is 11.8 Å². The second-order valence-corrected chi connectivity index (χ2v) is 11.6. The number of carbonyl (C=O) groups is 1. The molecular formula is C28H30F2N3O. The fraction of sp³-hybridized carbons (Fsp3) is 0.500. The number of halogens is 2. The van der Waals surface area contributed by atoms with Crippen molar-refractivity contribution in [1.82, 2.24) is 4.90 Å². The number of fused-ring (bicyclic) bond motifs is 3. The van der Waals surface area contributed by atoms with Crippen LogP contribution in [0.15, 0.2) is 46.5 Å². The zero-order valence-corrected chi connectivity index (χ0v) is 20.0. The van der Waals surface area contributed by atoms with Crippen molar-refractivity contribution in [1.29, 1.82) is 5.26 Å². The highest BCUT2D eigenvalue weighted by Crippen LogP contribution is 2.62. The van der Waals surface area contributed by atoms with Crippen LogP contribution >= 0.6 is 0 Å². The Kier molecular flexibility index (Phi) is 5.31. The average molecular weight is 463 g/mol. The van der Waals surface area contributed by atoms with Crippen LogP contribution in [0.2, 0.25) is 0 Å². The van der Waals surface area contributed by atoms with Gasteiger partial charge in [-0.15, -0.1) is 0 Å². The first-order valence-electron chi connectivity index (χ1n) is 12.0. The highest BCUT2D eigenvalue weighted by Gasteiger charge is 2.61. The maximum Gasteiger partial charge on any atom is 0.251 e. The van der Waals surface area contributed by atoms with Gasteiger partial charge in [-0.1, -0.05) is 32.4 Å². The van der Waals surface area contributed by atoms with Crippen LogP contribution in [0.3, 0.4) is 0 Å². The number of alkyl halides is 2. The average Bonchev–Trinajstić information content (AvgIpc) is 3.58. The number of amides is 1. The molecule has 1 saturated heterocycles. The molecule has 2 aliphatic heterocycles. The third-order valence-electron chi connectivity index (χ3n) is 7.57. The molecule has 2 fully saturated rings. The summed E-state index contributed by atoms with van der Waals surface area (Å²) in [7, 11) is 0. The standard InChI is InChI=1S/C28H30F2N3O/c1-26(2,3)16-33-17-27(23-13-22(23)25(33)34)7-8-28(29,30)21(14-27)12-18-6-9-32-24-5-4-19(15-31)11-20(24)10-18/h4-6,9,11,13,21H,7-8,10,12,14,16-17H2,1-3H3/t21-,27+/m1/s1. The number of hydrogen-bond acceptors (Lipinski definition) is 3. The van der Waals surface area contributed by atoms with E-state index in [0.717, 1.165) is 28.3 Å². The quantitative estimate of drug-likeness (QED) is 0.557. The summed E-state index contributed by atoms with van der Waals surface area (Å²) in [4.78, 5) is 19.2. The van der Waals surface area contributed by atoms with Gasteiger partial charge in [-0.2, -0.15) is 5.26 Å². The van der Waals surface area contributed by atoms with Crippen molar-refractivity contribution in [2.24, 2.45) is 21.7 Å². The summed E-state index contributed by atoms with van der Waals surface area (Å²) in [6.07, 6.45) is 6.90. The highest BCUT2D eigenvalue weighted by atomic mass is 19.3. The molecule has 1 saturated carbocycles. The molecule has 34 heavy (non-hydrogen) atoms. The van der Waals surface area contributed by atoms with Crippen molar-refractivity contribution in [3.8, 4) is 6.07 Å². The van der Waals surface area contributed by atoms with Gasteiger partial charge in [0.05, 0.1) is 17.3 Å². The molecule has 1 aromatic rings. The van der Waals surface area contributed by atoms with Gasteiger partial charge in [0, 0.05) is 48.5 Å². The maximum absolute atomic E-state index is 15.3. The van der Waals surface area contributed by atoms with Crippen molar-refractivity contribution < 1.29 is 13.6 Å². The summed E-state index contributed by atoms with van der Waals surface area (Å²) < 4.78 is 30.5. The van der Waals surface area contributed by atoms with Crippen LogP contribution in [-0.4, -0.2) is 36.0 Å². The fourth-order valence-corrected chi connectivity index (χ4v) is 5.97. The van der Waals surface area contributed by atoms with Crippen LogP contribution in [0.4, 0.5) is 14.5 Å². The van der Waals surface area contributed by atoms with Gasteiger partial charge in [0.2, 0.25) is 5.91 Å². The Morgan fingerprint density at radius 1 is 1.26 bits per heavy atom. The molecule has 0 N–H and O–H groups in total. The number of rotatable bonds is 3. The SMILES string of the molecule is CC(C)(C)CN1C[C@@]2(CCC(F)(F)[C@H](CC3=CC=Nc4ccc(C#N)cc4C3)C2)[C]2C=C2C1=O. The van der Waals surface area contributed by atoms with Crippen LogP contribution in [0.5, 0.6) is 0 Å². The number of likely N-dealkylation sites (tertiary alicyclic amines) is 1. The molecule has 1 radical (unpaired) electrons. The Morgan fingerprint density at radius 3 is 2.79 bits per heavy atom. The molecule has 177 valence electrons. The Morgan fingerprint density at radius 2 is 2.06 bits per heavy atom. The third-order valence-corrected chi connectivity index (χ3v) is 7.57. The molecule has 4 nitrogen and oxygen atoms in total. The van der Waals surface area contributed by atoms with Crippen LogP contribution in [0.1, 0.15) is 57.6 Å². The minimum Gasteiger partial charge on any atom is -0.338 e. The van der Waals surface area contributed by atoms with E-state index in [1.165, 1.54) is 0 Å². The molecule has 6 heteroatoms. The summed E-state index contributed by atoms with van der Waals surface area (Å²) in [5.74, 6) is -2.48. The fourth-order valence-electron chi connectivity index (χ4n) is 5.97. The highest BCUT2D eigenvalue weighted by molar-refractivity contribution is 6.05. The van der Waals surface area contributed by atoms with Gasteiger partial charge < -0.3 is 4.90 Å². The Bertz CT molecular complexity index is 1170. The molecule has 0 unspecified atom stereocenters. The Hall–Kier alpha value is -2.81. The summed E-state index contributed by atoms with van der Waals surface area (Å²) in [6, 6.07) is 7.49. The van der Waals surface area contributed by atoms with Crippen molar-refractivity contribution in [3.05, 3.63) is 58.5 Å². The van der Waals surface area contributed by atoms with Gasteiger partial charge in [-0.25, -0.2) is 8.78 Å². The van der Waals surface area contributed by atoms with Gasteiger partial charge in [0.15, 0.2) is 0 Å². The number of nitriles is 1. The van der Waals surface area contributed by atoms with Crippen LogP contribution in [0, 0.1) is 34.0 Å². The van der Waals surface area contributed by atoms with E-state index in [1.54, 1.807) is 18.3 Å². The van der Waals surface area contributed by atoms with E-state index in [-0.39, 0.29) is 29.6 Å².